The molecule has 0 unspecified atom stereocenters. The van der Waals surface area contributed by atoms with Crippen LogP contribution < -0.4 is 15.4 Å². The number of aromatic amines is 1. The lowest BCUT2D eigenvalue weighted by Gasteiger charge is -2.11. The first-order chi connectivity index (χ1) is 15.2. The number of methoxy groups -OCH3 is 1. The molecule has 5 aromatic rings. The number of aromatic nitrogens is 3. The molecule has 3 aromatic heterocycles. The first-order valence-corrected chi connectivity index (χ1v) is 9.92. The average Bonchev–Trinajstić information content (AvgIpc) is 3.43. The van der Waals surface area contributed by atoms with Gasteiger partial charge in [-0.25, -0.2) is 9.78 Å². The van der Waals surface area contributed by atoms with E-state index >= 15 is 0 Å². The van der Waals surface area contributed by atoms with E-state index in [0.29, 0.717) is 12.2 Å². The summed E-state index contributed by atoms with van der Waals surface area (Å²) in [6, 6.07) is 18.9. The summed E-state index contributed by atoms with van der Waals surface area (Å²) in [5.41, 5.74) is 4.55. The number of fused-ring (bicyclic) bond motifs is 2. The molecule has 0 bridgehead atoms. The van der Waals surface area contributed by atoms with E-state index in [2.05, 4.69) is 31.2 Å². The Kier molecular flexibility index (Phi) is 4.76. The second-order valence-corrected chi connectivity index (χ2v) is 7.20. The molecule has 0 saturated heterocycles. The van der Waals surface area contributed by atoms with Crippen molar-refractivity contribution in [3.05, 3.63) is 84.8 Å². The van der Waals surface area contributed by atoms with Crippen LogP contribution >= 0.6 is 0 Å². The molecule has 0 saturated carbocycles. The second kappa shape index (κ2) is 7.87. The normalized spacial score (nSPS) is 11.0. The van der Waals surface area contributed by atoms with Crippen LogP contribution in [-0.4, -0.2) is 27.7 Å². The van der Waals surface area contributed by atoms with Gasteiger partial charge in [0, 0.05) is 41.6 Å². The summed E-state index contributed by atoms with van der Waals surface area (Å²) in [7, 11) is 1.61. The van der Waals surface area contributed by atoms with Crippen molar-refractivity contribution in [2.75, 3.05) is 17.7 Å². The Bertz CT molecular complexity index is 1370. The van der Waals surface area contributed by atoms with Crippen LogP contribution in [0.4, 0.5) is 16.2 Å². The van der Waals surface area contributed by atoms with Gasteiger partial charge >= 0.3 is 6.03 Å². The Morgan fingerprint density at radius 3 is 2.74 bits per heavy atom. The van der Waals surface area contributed by atoms with Gasteiger partial charge in [0.1, 0.15) is 11.4 Å². The maximum atomic E-state index is 12.5. The summed E-state index contributed by atoms with van der Waals surface area (Å²) in [5, 5.41) is 7.89. The summed E-state index contributed by atoms with van der Waals surface area (Å²) < 4.78 is 7.32. The van der Waals surface area contributed by atoms with E-state index in [1.807, 2.05) is 48.9 Å². The number of amides is 2. The number of urea groups is 1. The molecule has 0 atom stereocenters. The Morgan fingerprint density at radius 1 is 1.03 bits per heavy atom. The Hall–Kier alpha value is -4.26. The maximum Gasteiger partial charge on any atom is 0.323 e. The predicted octanol–water partition coefficient (Wildman–Crippen LogP) is 5.22. The van der Waals surface area contributed by atoms with Crippen molar-refractivity contribution < 1.29 is 9.53 Å². The summed E-state index contributed by atoms with van der Waals surface area (Å²) in [6.07, 6.45) is 5.75. The quantitative estimate of drug-likeness (QED) is 0.371. The minimum Gasteiger partial charge on any atom is -0.497 e. The van der Waals surface area contributed by atoms with Crippen LogP contribution in [0.2, 0.25) is 0 Å². The highest BCUT2D eigenvalue weighted by molar-refractivity contribution is 6.05. The number of carbonyl (C=O) groups excluding carboxylic acids is 1. The van der Waals surface area contributed by atoms with Crippen LogP contribution in [0.25, 0.3) is 21.9 Å². The highest BCUT2D eigenvalue weighted by atomic mass is 16.5. The second-order valence-electron chi connectivity index (χ2n) is 7.20. The standard InChI is InChI=1S/C24H21N5O2/c1-31-18-7-5-17(6-8-18)27-24(30)28-21-3-2-4-22-20(21)11-14-29(22)15-16-9-12-25-23-19(16)10-13-26-23/h2-14H,15H2,1H3,(H,25,26)(H2,27,28,30). The summed E-state index contributed by atoms with van der Waals surface area (Å²) >= 11 is 0. The first-order valence-electron chi connectivity index (χ1n) is 9.92. The lowest BCUT2D eigenvalue weighted by molar-refractivity contribution is 0.262. The van der Waals surface area contributed by atoms with Crippen LogP contribution in [0.3, 0.4) is 0 Å². The van der Waals surface area contributed by atoms with Crippen LogP contribution in [0.1, 0.15) is 5.56 Å². The number of pyridine rings is 1. The molecule has 3 heterocycles. The molecule has 0 aliphatic heterocycles. The van der Waals surface area contributed by atoms with Crippen LogP contribution in [-0.2, 0) is 6.54 Å². The number of nitrogens with one attached hydrogen (secondary N) is 3. The Balaban J connectivity index is 1.37. The molecule has 7 heteroatoms. The minimum absolute atomic E-state index is 0.298. The zero-order valence-electron chi connectivity index (χ0n) is 16.9. The van der Waals surface area contributed by atoms with Gasteiger partial charge in [-0.05, 0) is 60.2 Å². The predicted molar refractivity (Wildman–Crippen MR) is 123 cm³/mol. The van der Waals surface area contributed by atoms with Crippen molar-refractivity contribution in [1.29, 1.82) is 0 Å². The number of carbonyl (C=O) groups is 1. The maximum absolute atomic E-state index is 12.5. The van der Waals surface area contributed by atoms with Gasteiger partial charge < -0.3 is 24.9 Å². The summed E-state index contributed by atoms with van der Waals surface area (Å²) in [4.78, 5) is 20.0. The molecule has 154 valence electrons. The Morgan fingerprint density at radius 2 is 1.90 bits per heavy atom. The van der Waals surface area contributed by atoms with Gasteiger partial charge in [-0.15, -0.1) is 0 Å². The van der Waals surface area contributed by atoms with E-state index in [1.54, 1.807) is 31.4 Å². The smallest absolute Gasteiger partial charge is 0.323 e. The van der Waals surface area contributed by atoms with Gasteiger partial charge in [-0.1, -0.05) is 6.07 Å². The zero-order valence-corrected chi connectivity index (χ0v) is 16.9. The number of anilines is 2. The van der Waals surface area contributed by atoms with E-state index in [0.717, 1.165) is 33.4 Å². The molecule has 7 nitrogen and oxygen atoms in total. The number of hydrogen-bond acceptors (Lipinski definition) is 3. The zero-order chi connectivity index (χ0) is 21.2. The van der Waals surface area contributed by atoms with E-state index in [4.69, 9.17) is 4.74 Å². The average molecular weight is 411 g/mol. The highest BCUT2D eigenvalue weighted by Crippen LogP contribution is 2.27. The molecular formula is C24H21N5O2. The Labute approximate surface area is 178 Å². The first kappa shape index (κ1) is 18.7. The highest BCUT2D eigenvalue weighted by Gasteiger charge is 2.11. The van der Waals surface area contributed by atoms with Crippen molar-refractivity contribution >= 4 is 39.3 Å². The molecule has 0 fully saturated rings. The van der Waals surface area contributed by atoms with Crippen molar-refractivity contribution in [3.63, 3.8) is 0 Å². The third kappa shape index (κ3) is 3.69. The molecule has 0 aliphatic carbocycles. The van der Waals surface area contributed by atoms with Crippen LogP contribution in [0.5, 0.6) is 5.75 Å². The van der Waals surface area contributed by atoms with Gasteiger partial charge in [-0.3, -0.25) is 0 Å². The van der Waals surface area contributed by atoms with Crippen molar-refractivity contribution in [1.82, 2.24) is 14.5 Å². The van der Waals surface area contributed by atoms with E-state index in [1.165, 1.54) is 5.56 Å². The molecule has 0 aliphatic rings. The molecule has 31 heavy (non-hydrogen) atoms. The third-order valence-electron chi connectivity index (χ3n) is 5.30. The van der Waals surface area contributed by atoms with Gasteiger partial charge in [0.15, 0.2) is 0 Å². The number of nitrogens with zero attached hydrogens (tertiary/aromatic N) is 2. The molecule has 0 spiro atoms. The number of H-pyrrole nitrogens is 1. The molecule has 2 aromatic carbocycles. The van der Waals surface area contributed by atoms with Gasteiger partial charge in [-0.2, -0.15) is 0 Å². The molecule has 5 rings (SSSR count). The van der Waals surface area contributed by atoms with Crippen LogP contribution in [0, 0.1) is 0 Å². The van der Waals surface area contributed by atoms with Gasteiger partial charge in [0.25, 0.3) is 0 Å². The largest absolute Gasteiger partial charge is 0.497 e. The monoisotopic (exact) mass is 411 g/mol. The number of hydrogen-bond donors (Lipinski definition) is 3. The minimum atomic E-state index is -0.298. The molecule has 3 N–H and O–H groups in total. The van der Waals surface area contributed by atoms with Crippen molar-refractivity contribution in [3.8, 4) is 5.75 Å². The number of rotatable bonds is 5. The van der Waals surface area contributed by atoms with Gasteiger partial charge in [0.2, 0.25) is 0 Å². The van der Waals surface area contributed by atoms with Crippen molar-refractivity contribution in [2.24, 2.45) is 0 Å². The van der Waals surface area contributed by atoms with Crippen LogP contribution in [0.15, 0.2) is 79.3 Å². The lowest BCUT2D eigenvalue weighted by Crippen LogP contribution is -2.19. The fourth-order valence-electron chi connectivity index (χ4n) is 3.77. The molecular weight excluding hydrogens is 390 g/mol. The number of ether oxygens (including phenoxy) is 1. The van der Waals surface area contributed by atoms with E-state index in [9.17, 15) is 4.79 Å². The van der Waals surface area contributed by atoms with Gasteiger partial charge in [0.05, 0.1) is 18.3 Å². The van der Waals surface area contributed by atoms with Crippen molar-refractivity contribution in [2.45, 2.75) is 6.54 Å². The third-order valence-corrected chi connectivity index (χ3v) is 5.30. The number of benzene rings is 2. The lowest BCUT2D eigenvalue weighted by atomic mass is 10.2. The topological polar surface area (TPSA) is 84.0 Å². The SMILES string of the molecule is COc1ccc(NC(=O)Nc2cccc3c2ccn3Cc2ccnc3[nH]ccc23)cc1. The molecule has 2 amide bonds. The summed E-state index contributed by atoms with van der Waals surface area (Å²) in [6.45, 7) is 0.710. The fraction of sp³-hybridized carbons (Fsp3) is 0.0833. The fourth-order valence-corrected chi connectivity index (χ4v) is 3.77. The molecule has 0 radical (unpaired) electrons. The van der Waals surface area contributed by atoms with E-state index in [-0.39, 0.29) is 6.03 Å². The van der Waals surface area contributed by atoms with E-state index < -0.39 is 0 Å². The summed E-state index contributed by atoms with van der Waals surface area (Å²) in [5.74, 6) is 0.739.